The summed E-state index contributed by atoms with van der Waals surface area (Å²) in [5.74, 6) is -0.295. The lowest BCUT2D eigenvalue weighted by Crippen LogP contribution is -2.61. The van der Waals surface area contributed by atoms with Crippen molar-refractivity contribution in [1.29, 1.82) is 0 Å². The van der Waals surface area contributed by atoms with E-state index < -0.39 is 5.54 Å². The summed E-state index contributed by atoms with van der Waals surface area (Å²) in [5, 5.41) is 3.25. The normalized spacial score (nSPS) is 17.5. The van der Waals surface area contributed by atoms with Gasteiger partial charge in [-0.3, -0.25) is 4.79 Å². The van der Waals surface area contributed by atoms with Crippen LogP contribution in [0, 0.1) is 0 Å². The van der Waals surface area contributed by atoms with Crippen molar-refractivity contribution >= 4 is 5.91 Å². The Morgan fingerprint density at radius 3 is 2.25 bits per heavy atom. The Kier molecular flexibility index (Phi) is 5.97. The number of hydrogen-bond acceptors (Lipinski definition) is 3. The minimum atomic E-state index is -0.660. The van der Waals surface area contributed by atoms with Crippen LogP contribution in [0.4, 0.5) is 0 Å². The summed E-state index contributed by atoms with van der Waals surface area (Å²) in [7, 11) is 2.03. The van der Waals surface area contributed by atoms with Crippen molar-refractivity contribution in [3.8, 4) is 0 Å². The lowest BCUT2D eigenvalue weighted by atomic mass is 9.98. The van der Waals surface area contributed by atoms with Gasteiger partial charge in [-0.2, -0.15) is 0 Å². The summed E-state index contributed by atoms with van der Waals surface area (Å²) < 4.78 is 0. The van der Waals surface area contributed by atoms with E-state index in [2.05, 4.69) is 24.1 Å². The topological polar surface area (TPSA) is 58.4 Å². The number of nitrogens with zero attached hydrogens (tertiary/aromatic N) is 1. The van der Waals surface area contributed by atoms with Gasteiger partial charge in [0.2, 0.25) is 5.91 Å². The van der Waals surface area contributed by atoms with E-state index in [0.29, 0.717) is 12.6 Å². The summed E-state index contributed by atoms with van der Waals surface area (Å²) in [6, 6.07) is 0.690. The highest BCUT2D eigenvalue weighted by atomic mass is 16.1. The van der Waals surface area contributed by atoms with Gasteiger partial charge in [-0.15, -0.1) is 0 Å². The van der Waals surface area contributed by atoms with Gasteiger partial charge in [0.05, 0.1) is 0 Å². The number of carbonyl (C=O) groups is 1. The first-order chi connectivity index (χ1) is 7.23. The Hall–Kier alpha value is -0.610. The molecule has 0 saturated heterocycles. The van der Waals surface area contributed by atoms with Crippen LogP contribution in [0.25, 0.3) is 0 Å². The Balaban J connectivity index is 4.61. The molecule has 4 nitrogen and oxygen atoms in total. The molecule has 16 heavy (non-hydrogen) atoms. The first-order valence-electron chi connectivity index (χ1n) is 6.00. The molecule has 0 aliphatic heterocycles. The summed E-state index contributed by atoms with van der Waals surface area (Å²) in [6.45, 7) is 10.8. The van der Waals surface area contributed by atoms with E-state index in [1.165, 1.54) is 0 Å². The Labute approximate surface area is 99.6 Å². The third-order valence-electron chi connectivity index (χ3n) is 3.06. The molecule has 96 valence electrons. The molecule has 3 N–H and O–H groups in total. The zero-order chi connectivity index (χ0) is 12.9. The van der Waals surface area contributed by atoms with Gasteiger partial charge in [-0.05, 0) is 41.2 Å². The summed E-state index contributed by atoms with van der Waals surface area (Å²) in [5.41, 5.74) is 4.82. The van der Waals surface area contributed by atoms with E-state index in [-0.39, 0.29) is 11.9 Å². The standard InChI is InChI=1S/C12H27N3O/c1-7-10(4)15(6)8-12(5,11(13)16)14-9(2)3/h9-10,14H,7-8H2,1-6H3,(H2,13,16). The van der Waals surface area contributed by atoms with Crippen molar-refractivity contribution < 1.29 is 4.79 Å². The molecule has 0 aliphatic carbocycles. The average Bonchev–Trinajstić information content (AvgIpc) is 2.14. The Morgan fingerprint density at radius 2 is 1.94 bits per heavy atom. The third-order valence-corrected chi connectivity index (χ3v) is 3.06. The van der Waals surface area contributed by atoms with Crippen LogP contribution in [0.3, 0.4) is 0 Å². The molecule has 0 aromatic carbocycles. The first kappa shape index (κ1) is 15.4. The number of nitrogens with one attached hydrogen (secondary N) is 1. The van der Waals surface area contributed by atoms with Gasteiger partial charge in [0.1, 0.15) is 5.54 Å². The monoisotopic (exact) mass is 229 g/mol. The molecular formula is C12H27N3O. The summed E-state index contributed by atoms with van der Waals surface area (Å²) in [6.07, 6.45) is 1.06. The molecule has 2 unspecified atom stereocenters. The van der Waals surface area contributed by atoms with Gasteiger partial charge >= 0.3 is 0 Å². The van der Waals surface area contributed by atoms with Crippen molar-refractivity contribution in [2.75, 3.05) is 13.6 Å². The average molecular weight is 229 g/mol. The molecule has 1 amide bonds. The predicted molar refractivity (Wildman–Crippen MR) is 68.3 cm³/mol. The van der Waals surface area contributed by atoms with Crippen molar-refractivity contribution in [2.24, 2.45) is 5.73 Å². The second-order valence-corrected chi connectivity index (χ2v) is 5.17. The maximum absolute atomic E-state index is 11.5. The van der Waals surface area contributed by atoms with Crippen LogP contribution in [0.5, 0.6) is 0 Å². The molecule has 0 heterocycles. The Morgan fingerprint density at radius 1 is 1.44 bits per heavy atom. The number of likely N-dealkylation sites (N-methyl/N-ethyl adjacent to an activating group) is 1. The second kappa shape index (κ2) is 6.21. The van der Waals surface area contributed by atoms with Crippen LogP contribution in [0.15, 0.2) is 0 Å². The number of rotatable bonds is 7. The molecular weight excluding hydrogens is 202 g/mol. The van der Waals surface area contributed by atoms with Gasteiger partial charge in [0.25, 0.3) is 0 Å². The van der Waals surface area contributed by atoms with Crippen LogP contribution < -0.4 is 11.1 Å². The largest absolute Gasteiger partial charge is 0.368 e. The summed E-state index contributed by atoms with van der Waals surface area (Å²) in [4.78, 5) is 13.7. The molecule has 0 aromatic rings. The highest BCUT2D eigenvalue weighted by molar-refractivity contribution is 5.84. The molecule has 0 saturated carbocycles. The molecule has 0 aliphatic rings. The Bertz CT molecular complexity index is 230. The molecule has 0 rings (SSSR count). The molecule has 0 aromatic heterocycles. The molecule has 0 radical (unpaired) electrons. The van der Waals surface area contributed by atoms with Gasteiger partial charge in [-0.1, -0.05) is 6.92 Å². The van der Waals surface area contributed by atoms with Gasteiger partial charge in [0, 0.05) is 18.6 Å². The number of primary amides is 1. The van der Waals surface area contributed by atoms with E-state index in [1.807, 2.05) is 27.8 Å². The van der Waals surface area contributed by atoms with Gasteiger partial charge < -0.3 is 16.0 Å². The lowest BCUT2D eigenvalue weighted by Gasteiger charge is -2.36. The fraction of sp³-hybridized carbons (Fsp3) is 0.917. The molecule has 2 atom stereocenters. The van der Waals surface area contributed by atoms with Crippen LogP contribution in [0.1, 0.15) is 41.0 Å². The molecule has 4 heteroatoms. The highest BCUT2D eigenvalue weighted by Gasteiger charge is 2.33. The zero-order valence-electron chi connectivity index (χ0n) is 11.5. The zero-order valence-corrected chi connectivity index (χ0v) is 11.5. The van der Waals surface area contributed by atoms with Crippen LogP contribution >= 0.6 is 0 Å². The second-order valence-electron chi connectivity index (χ2n) is 5.17. The van der Waals surface area contributed by atoms with E-state index in [1.54, 1.807) is 0 Å². The van der Waals surface area contributed by atoms with Crippen LogP contribution in [-0.4, -0.2) is 42.0 Å². The molecule has 0 spiro atoms. The molecule has 0 fully saturated rings. The fourth-order valence-corrected chi connectivity index (χ4v) is 1.80. The first-order valence-corrected chi connectivity index (χ1v) is 6.00. The maximum Gasteiger partial charge on any atom is 0.238 e. The van der Waals surface area contributed by atoms with Gasteiger partial charge in [0.15, 0.2) is 0 Å². The number of nitrogens with two attached hydrogens (primary N) is 1. The smallest absolute Gasteiger partial charge is 0.238 e. The van der Waals surface area contributed by atoms with E-state index in [4.69, 9.17) is 5.73 Å². The minimum absolute atomic E-state index is 0.239. The maximum atomic E-state index is 11.5. The molecule has 0 bridgehead atoms. The predicted octanol–water partition coefficient (Wildman–Crippen LogP) is 0.959. The number of amides is 1. The van der Waals surface area contributed by atoms with Crippen LogP contribution in [0.2, 0.25) is 0 Å². The van der Waals surface area contributed by atoms with Crippen molar-refractivity contribution in [1.82, 2.24) is 10.2 Å². The third kappa shape index (κ3) is 4.49. The number of carbonyl (C=O) groups excluding carboxylic acids is 1. The van der Waals surface area contributed by atoms with E-state index >= 15 is 0 Å². The quantitative estimate of drug-likeness (QED) is 0.683. The number of hydrogen-bond donors (Lipinski definition) is 2. The van der Waals surface area contributed by atoms with Crippen LogP contribution in [-0.2, 0) is 4.79 Å². The van der Waals surface area contributed by atoms with Crippen molar-refractivity contribution in [3.63, 3.8) is 0 Å². The van der Waals surface area contributed by atoms with Crippen molar-refractivity contribution in [2.45, 2.75) is 58.7 Å². The lowest BCUT2D eigenvalue weighted by molar-refractivity contribution is -0.125. The van der Waals surface area contributed by atoms with E-state index in [9.17, 15) is 4.79 Å². The van der Waals surface area contributed by atoms with Gasteiger partial charge in [-0.25, -0.2) is 0 Å². The summed E-state index contributed by atoms with van der Waals surface area (Å²) >= 11 is 0. The van der Waals surface area contributed by atoms with Crippen molar-refractivity contribution in [3.05, 3.63) is 0 Å². The highest BCUT2D eigenvalue weighted by Crippen LogP contribution is 2.10. The fourth-order valence-electron chi connectivity index (χ4n) is 1.80. The van der Waals surface area contributed by atoms with E-state index in [0.717, 1.165) is 6.42 Å². The SMILES string of the molecule is CCC(C)N(C)CC(C)(NC(C)C)C(N)=O. The minimum Gasteiger partial charge on any atom is -0.368 e.